The fourth-order valence-corrected chi connectivity index (χ4v) is 4.59. The van der Waals surface area contributed by atoms with Gasteiger partial charge in [-0.25, -0.2) is 9.97 Å². The van der Waals surface area contributed by atoms with Gasteiger partial charge in [-0.1, -0.05) is 36.4 Å². The zero-order valence-electron chi connectivity index (χ0n) is 17.3. The molecule has 0 fully saturated rings. The van der Waals surface area contributed by atoms with E-state index in [2.05, 4.69) is 32.8 Å². The van der Waals surface area contributed by atoms with Crippen LogP contribution in [-0.4, -0.2) is 32.5 Å². The van der Waals surface area contributed by atoms with Crippen molar-refractivity contribution in [2.45, 2.75) is 12.5 Å². The summed E-state index contributed by atoms with van der Waals surface area (Å²) in [6.45, 7) is 0.608. The maximum absolute atomic E-state index is 6.42. The van der Waals surface area contributed by atoms with Gasteiger partial charge in [0.2, 0.25) is 0 Å². The molecule has 4 heterocycles. The van der Waals surface area contributed by atoms with Crippen molar-refractivity contribution >= 4 is 27.4 Å². The van der Waals surface area contributed by atoms with E-state index in [0.29, 0.717) is 12.4 Å². The van der Waals surface area contributed by atoms with Crippen LogP contribution < -0.4 is 11.1 Å². The van der Waals surface area contributed by atoms with E-state index >= 15 is 0 Å². The molecule has 0 spiro atoms. The molecule has 6 nitrogen and oxygen atoms in total. The van der Waals surface area contributed by atoms with E-state index in [-0.39, 0.29) is 6.04 Å². The molecule has 4 aromatic heterocycles. The van der Waals surface area contributed by atoms with Crippen LogP contribution in [0.5, 0.6) is 0 Å². The number of anilines is 1. The molecule has 5 aromatic rings. The number of benzene rings is 1. The SMILES string of the molecule is NC(CNc1nc(-c2ccncc2)nc2c(-c3cccnc3)csc12)Cc1ccccc1. The largest absolute Gasteiger partial charge is 0.367 e. The summed E-state index contributed by atoms with van der Waals surface area (Å²) in [5.41, 5.74) is 11.6. The molecule has 1 aromatic carbocycles. The van der Waals surface area contributed by atoms with Gasteiger partial charge in [-0.2, -0.15) is 0 Å². The molecule has 0 bridgehead atoms. The highest BCUT2D eigenvalue weighted by atomic mass is 32.1. The summed E-state index contributed by atoms with van der Waals surface area (Å²) in [4.78, 5) is 18.1. The Kier molecular flexibility index (Phi) is 5.83. The third-order valence-electron chi connectivity index (χ3n) is 5.20. The van der Waals surface area contributed by atoms with Gasteiger partial charge in [0, 0.05) is 59.4 Å². The Labute approximate surface area is 190 Å². The van der Waals surface area contributed by atoms with Gasteiger partial charge in [0.15, 0.2) is 5.82 Å². The van der Waals surface area contributed by atoms with Crippen molar-refractivity contribution in [2.24, 2.45) is 5.73 Å². The maximum Gasteiger partial charge on any atom is 0.162 e. The minimum absolute atomic E-state index is 0.0375. The average molecular weight is 439 g/mol. The number of hydrogen-bond acceptors (Lipinski definition) is 7. The van der Waals surface area contributed by atoms with Crippen LogP contribution in [0.3, 0.4) is 0 Å². The van der Waals surface area contributed by atoms with Crippen molar-refractivity contribution in [3.8, 4) is 22.5 Å². The van der Waals surface area contributed by atoms with Crippen molar-refractivity contribution in [1.82, 2.24) is 19.9 Å². The summed E-state index contributed by atoms with van der Waals surface area (Å²) < 4.78 is 1.01. The van der Waals surface area contributed by atoms with E-state index in [4.69, 9.17) is 15.7 Å². The average Bonchev–Trinajstić information content (AvgIpc) is 3.28. The maximum atomic E-state index is 6.42. The Bertz CT molecular complexity index is 1310. The number of nitrogens with zero attached hydrogens (tertiary/aromatic N) is 4. The van der Waals surface area contributed by atoms with E-state index in [0.717, 1.165) is 39.1 Å². The Morgan fingerprint density at radius 2 is 1.72 bits per heavy atom. The smallest absolute Gasteiger partial charge is 0.162 e. The molecule has 0 saturated carbocycles. The van der Waals surface area contributed by atoms with Gasteiger partial charge in [0.25, 0.3) is 0 Å². The molecule has 0 aliphatic heterocycles. The van der Waals surface area contributed by atoms with Crippen LogP contribution in [0.15, 0.2) is 84.8 Å². The molecule has 158 valence electrons. The second-order valence-electron chi connectivity index (χ2n) is 7.53. The van der Waals surface area contributed by atoms with Crippen molar-refractivity contribution in [3.63, 3.8) is 0 Å². The molecule has 5 rings (SSSR count). The minimum Gasteiger partial charge on any atom is -0.367 e. The Morgan fingerprint density at radius 1 is 0.875 bits per heavy atom. The lowest BCUT2D eigenvalue weighted by atomic mass is 10.1. The van der Waals surface area contributed by atoms with Crippen molar-refractivity contribution in [2.75, 3.05) is 11.9 Å². The topological polar surface area (TPSA) is 89.6 Å². The van der Waals surface area contributed by atoms with Crippen molar-refractivity contribution < 1.29 is 0 Å². The first-order chi connectivity index (χ1) is 15.8. The van der Waals surface area contributed by atoms with E-state index < -0.39 is 0 Å². The standard InChI is InChI=1S/C25H22N6S/c26-20(13-17-5-2-1-3-6-17)15-29-25-23-22(21(16-32-23)19-7-4-10-28-14-19)30-24(31-25)18-8-11-27-12-9-18/h1-12,14,16,20H,13,15,26H2,(H,29,30,31). The number of aromatic nitrogens is 4. The molecule has 0 amide bonds. The summed E-state index contributed by atoms with van der Waals surface area (Å²) >= 11 is 1.63. The lowest BCUT2D eigenvalue weighted by Crippen LogP contribution is -2.31. The van der Waals surface area contributed by atoms with E-state index in [1.807, 2.05) is 48.7 Å². The lowest BCUT2D eigenvalue weighted by Gasteiger charge is -2.14. The third kappa shape index (κ3) is 4.34. The summed E-state index contributed by atoms with van der Waals surface area (Å²) in [5, 5.41) is 5.60. The quantitative estimate of drug-likeness (QED) is 0.379. The molecule has 1 unspecified atom stereocenters. The summed E-state index contributed by atoms with van der Waals surface area (Å²) in [6, 6.07) is 18.1. The highest BCUT2D eigenvalue weighted by Gasteiger charge is 2.16. The lowest BCUT2D eigenvalue weighted by molar-refractivity contribution is 0.698. The van der Waals surface area contributed by atoms with E-state index in [9.17, 15) is 0 Å². The molecular formula is C25H22N6S. The van der Waals surface area contributed by atoms with Crippen molar-refractivity contribution in [1.29, 1.82) is 0 Å². The number of fused-ring (bicyclic) bond motifs is 1. The summed E-state index contributed by atoms with van der Waals surface area (Å²) in [7, 11) is 0. The molecule has 0 saturated heterocycles. The van der Waals surface area contributed by atoms with Crippen LogP contribution in [0, 0.1) is 0 Å². The molecule has 7 heteroatoms. The zero-order chi connectivity index (χ0) is 21.8. The Morgan fingerprint density at radius 3 is 2.50 bits per heavy atom. The Hall–Kier alpha value is -3.68. The summed E-state index contributed by atoms with van der Waals surface area (Å²) in [6.07, 6.45) is 7.93. The number of nitrogens with one attached hydrogen (secondary N) is 1. The molecule has 0 radical (unpaired) electrons. The van der Waals surface area contributed by atoms with Gasteiger partial charge < -0.3 is 11.1 Å². The van der Waals surface area contributed by atoms with E-state index in [1.165, 1.54) is 5.56 Å². The van der Waals surface area contributed by atoms with Crippen LogP contribution in [0.4, 0.5) is 5.82 Å². The van der Waals surface area contributed by atoms with Crippen LogP contribution in [-0.2, 0) is 6.42 Å². The normalized spacial score (nSPS) is 12.0. The monoisotopic (exact) mass is 438 g/mol. The fraction of sp³-hybridized carbons (Fsp3) is 0.120. The van der Waals surface area contributed by atoms with Crippen molar-refractivity contribution in [3.05, 3.63) is 90.3 Å². The first-order valence-corrected chi connectivity index (χ1v) is 11.3. The number of hydrogen-bond donors (Lipinski definition) is 2. The van der Waals surface area contributed by atoms with Gasteiger partial charge in [-0.15, -0.1) is 11.3 Å². The summed E-state index contributed by atoms with van der Waals surface area (Å²) in [5.74, 6) is 1.45. The van der Waals surface area contributed by atoms with E-state index in [1.54, 1.807) is 29.9 Å². The number of pyridine rings is 2. The third-order valence-corrected chi connectivity index (χ3v) is 6.17. The van der Waals surface area contributed by atoms with Crippen LogP contribution in [0.1, 0.15) is 5.56 Å². The molecule has 0 aliphatic rings. The highest BCUT2D eigenvalue weighted by molar-refractivity contribution is 7.18. The Balaban J connectivity index is 1.50. The first-order valence-electron chi connectivity index (χ1n) is 10.4. The molecule has 3 N–H and O–H groups in total. The van der Waals surface area contributed by atoms with Gasteiger partial charge in [0.05, 0.1) is 10.2 Å². The van der Waals surface area contributed by atoms with Gasteiger partial charge in [-0.05, 0) is 30.2 Å². The van der Waals surface area contributed by atoms with Crippen LogP contribution in [0.2, 0.25) is 0 Å². The van der Waals surface area contributed by atoms with Gasteiger partial charge in [-0.3, -0.25) is 9.97 Å². The second kappa shape index (κ2) is 9.21. The fourth-order valence-electron chi connectivity index (χ4n) is 3.61. The van der Waals surface area contributed by atoms with Gasteiger partial charge >= 0.3 is 0 Å². The second-order valence-corrected chi connectivity index (χ2v) is 8.41. The highest BCUT2D eigenvalue weighted by Crippen LogP contribution is 2.37. The minimum atomic E-state index is -0.0375. The predicted molar refractivity (Wildman–Crippen MR) is 130 cm³/mol. The number of nitrogens with two attached hydrogens (primary N) is 1. The van der Waals surface area contributed by atoms with Crippen LogP contribution in [0.25, 0.3) is 32.7 Å². The number of thiophene rings is 1. The van der Waals surface area contributed by atoms with Crippen LogP contribution >= 0.6 is 11.3 Å². The molecular weight excluding hydrogens is 416 g/mol. The predicted octanol–water partition coefficient (Wildman–Crippen LogP) is 4.80. The molecule has 32 heavy (non-hydrogen) atoms. The number of rotatable bonds is 7. The molecule has 1 atom stereocenters. The first kappa shape index (κ1) is 20.2. The zero-order valence-corrected chi connectivity index (χ0v) is 18.2. The molecule has 0 aliphatic carbocycles. The van der Waals surface area contributed by atoms with Gasteiger partial charge in [0.1, 0.15) is 5.82 Å².